The van der Waals surface area contributed by atoms with Gasteiger partial charge in [0.25, 0.3) is 0 Å². The fourth-order valence-electron chi connectivity index (χ4n) is 1.89. The van der Waals surface area contributed by atoms with Crippen LogP contribution in [0.1, 0.15) is 26.7 Å². The molecular weight excluding hydrogens is 250 g/mol. The van der Waals surface area contributed by atoms with Crippen molar-refractivity contribution >= 4 is 23.7 Å². The lowest BCUT2D eigenvalue weighted by atomic mass is 10.1. The molecular formula is C11H19N5OS. The average Bonchev–Trinajstić information content (AvgIpc) is 2.74. The maximum absolute atomic E-state index is 5.62. The van der Waals surface area contributed by atoms with Gasteiger partial charge in [0.1, 0.15) is 0 Å². The van der Waals surface area contributed by atoms with Crippen LogP contribution in [0.2, 0.25) is 0 Å². The molecule has 0 amide bonds. The summed E-state index contributed by atoms with van der Waals surface area (Å²) in [4.78, 5) is 12.1. The SMILES string of the molecule is CCOc1nc(N)nc(NCC2(C)CCCS2)n1. The highest BCUT2D eigenvalue weighted by molar-refractivity contribution is 8.00. The Bertz CT molecular complexity index is 408. The Labute approximate surface area is 111 Å². The van der Waals surface area contributed by atoms with Gasteiger partial charge < -0.3 is 15.8 Å². The number of rotatable bonds is 5. The van der Waals surface area contributed by atoms with Crippen LogP contribution in [0.25, 0.3) is 0 Å². The Balaban J connectivity index is 2.00. The smallest absolute Gasteiger partial charge is 0.323 e. The number of hydrogen-bond donors (Lipinski definition) is 2. The summed E-state index contributed by atoms with van der Waals surface area (Å²) >= 11 is 1.99. The first-order valence-corrected chi connectivity index (χ1v) is 7.12. The summed E-state index contributed by atoms with van der Waals surface area (Å²) in [7, 11) is 0. The lowest BCUT2D eigenvalue weighted by molar-refractivity contribution is 0.312. The van der Waals surface area contributed by atoms with Gasteiger partial charge in [-0.15, -0.1) is 0 Å². The second-order valence-corrected chi connectivity index (χ2v) is 6.17. The van der Waals surface area contributed by atoms with Gasteiger partial charge in [-0.05, 0) is 32.4 Å². The number of thioether (sulfide) groups is 1. The molecule has 1 aromatic rings. The number of anilines is 2. The first-order chi connectivity index (χ1) is 8.61. The summed E-state index contributed by atoms with van der Waals surface area (Å²) in [6, 6.07) is 0.275. The van der Waals surface area contributed by atoms with Crippen LogP contribution in [-0.2, 0) is 0 Å². The number of nitrogen functional groups attached to an aromatic ring is 1. The largest absolute Gasteiger partial charge is 0.464 e. The van der Waals surface area contributed by atoms with E-state index in [0.717, 1.165) is 6.54 Å². The molecule has 0 radical (unpaired) electrons. The number of aromatic nitrogens is 3. The minimum Gasteiger partial charge on any atom is -0.464 e. The molecule has 2 heterocycles. The van der Waals surface area contributed by atoms with Crippen LogP contribution in [0.3, 0.4) is 0 Å². The van der Waals surface area contributed by atoms with E-state index in [0.29, 0.717) is 12.6 Å². The molecule has 1 aromatic heterocycles. The maximum Gasteiger partial charge on any atom is 0.323 e. The van der Waals surface area contributed by atoms with Crippen LogP contribution < -0.4 is 15.8 Å². The van der Waals surface area contributed by atoms with Crippen molar-refractivity contribution < 1.29 is 4.74 Å². The monoisotopic (exact) mass is 269 g/mol. The van der Waals surface area contributed by atoms with Crippen molar-refractivity contribution in [2.24, 2.45) is 0 Å². The minimum absolute atomic E-state index is 0.181. The third-order valence-corrected chi connectivity index (χ3v) is 4.36. The summed E-state index contributed by atoms with van der Waals surface area (Å²) in [6.07, 6.45) is 2.48. The zero-order valence-corrected chi connectivity index (χ0v) is 11.6. The van der Waals surface area contributed by atoms with Crippen molar-refractivity contribution in [2.45, 2.75) is 31.4 Å². The third-order valence-electron chi connectivity index (χ3n) is 2.83. The molecule has 1 atom stereocenters. The van der Waals surface area contributed by atoms with Gasteiger partial charge in [0, 0.05) is 11.3 Å². The molecule has 1 saturated heterocycles. The molecule has 2 rings (SSSR count). The van der Waals surface area contributed by atoms with Crippen LogP contribution in [0, 0.1) is 0 Å². The highest BCUT2D eigenvalue weighted by Gasteiger charge is 2.29. The molecule has 0 saturated carbocycles. The van der Waals surface area contributed by atoms with Gasteiger partial charge in [-0.1, -0.05) is 0 Å². The van der Waals surface area contributed by atoms with Gasteiger partial charge in [-0.3, -0.25) is 0 Å². The molecule has 3 N–H and O–H groups in total. The first kappa shape index (κ1) is 13.2. The van der Waals surface area contributed by atoms with E-state index in [4.69, 9.17) is 10.5 Å². The highest BCUT2D eigenvalue weighted by Crippen LogP contribution is 2.37. The normalized spacial score (nSPS) is 23.0. The van der Waals surface area contributed by atoms with Gasteiger partial charge in [0.2, 0.25) is 11.9 Å². The van der Waals surface area contributed by atoms with E-state index in [9.17, 15) is 0 Å². The summed E-state index contributed by atoms with van der Waals surface area (Å²) in [5.74, 6) is 1.89. The molecule has 0 aromatic carbocycles. The Morgan fingerprint density at radius 3 is 2.94 bits per heavy atom. The van der Waals surface area contributed by atoms with E-state index in [1.165, 1.54) is 18.6 Å². The minimum atomic E-state index is 0.181. The number of nitrogens with two attached hydrogens (primary N) is 1. The van der Waals surface area contributed by atoms with Crippen LogP contribution in [0.15, 0.2) is 0 Å². The summed E-state index contributed by atoms with van der Waals surface area (Å²) < 4.78 is 5.49. The number of hydrogen-bond acceptors (Lipinski definition) is 7. The molecule has 0 bridgehead atoms. The van der Waals surface area contributed by atoms with Gasteiger partial charge in [-0.2, -0.15) is 26.7 Å². The number of nitrogens with one attached hydrogen (secondary N) is 1. The van der Waals surface area contributed by atoms with Crippen molar-refractivity contribution in [3.63, 3.8) is 0 Å². The predicted octanol–water partition coefficient (Wildman–Crippen LogP) is 1.55. The van der Waals surface area contributed by atoms with Gasteiger partial charge in [0.15, 0.2) is 0 Å². The second kappa shape index (κ2) is 5.60. The predicted molar refractivity (Wildman–Crippen MR) is 74.0 cm³/mol. The number of ether oxygens (including phenoxy) is 1. The Morgan fingerprint density at radius 2 is 2.28 bits per heavy atom. The van der Waals surface area contributed by atoms with Crippen LogP contribution in [-0.4, -0.2) is 38.6 Å². The molecule has 18 heavy (non-hydrogen) atoms. The maximum atomic E-state index is 5.62. The van der Waals surface area contributed by atoms with Crippen molar-refractivity contribution in [1.29, 1.82) is 0 Å². The lowest BCUT2D eigenvalue weighted by Gasteiger charge is -2.22. The summed E-state index contributed by atoms with van der Waals surface area (Å²) in [6.45, 7) is 5.47. The molecule has 1 fully saturated rings. The fourth-order valence-corrected chi connectivity index (χ4v) is 3.13. The molecule has 0 aliphatic carbocycles. The van der Waals surface area contributed by atoms with Gasteiger partial charge in [-0.25, -0.2) is 0 Å². The fraction of sp³-hybridized carbons (Fsp3) is 0.727. The lowest BCUT2D eigenvalue weighted by Crippen LogP contribution is -2.28. The topological polar surface area (TPSA) is 86.0 Å². The van der Waals surface area contributed by atoms with Crippen LogP contribution in [0.5, 0.6) is 6.01 Å². The van der Waals surface area contributed by atoms with Crippen molar-refractivity contribution in [3.05, 3.63) is 0 Å². The van der Waals surface area contributed by atoms with E-state index in [2.05, 4.69) is 27.2 Å². The zero-order chi connectivity index (χ0) is 13.0. The van der Waals surface area contributed by atoms with Crippen molar-refractivity contribution in [1.82, 2.24) is 15.0 Å². The molecule has 1 unspecified atom stereocenters. The quantitative estimate of drug-likeness (QED) is 0.838. The zero-order valence-electron chi connectivity index (χ0n) is 10.8. The molecule has 0 spiro atoms. The molecule has 7 heteroatoms. The van der Waals surface area contributed by atoms with E-state index in [1.54, 1.807) is 0 Å². The van der Waals surface area contributed by atoms with E-state index in [-0.39, 0.29) is 16.7 Å². The standard InChI is InChI=1S/C11H19N5OS/c1-3-17-10-15-8(12)14-9(16-10)13-7-11(2)5-4-6-18-11/h3-7H2,1-2H3,(H3,12,13,14,15,16). The third kappa shape index (κ3) is 3.38. The van der Waals surface area contributed by atoms with Crippen molar-refractivity contribution in [3.8, 4) is 6.01 Å². The Morgan fingerprint density at radius 1 is 1.44 bits per heavy atom. The van der Waals surface area contributed by atoms with E-state index in [1.807, 2.05) is 18.7 Å². The summed E-state index contributed by atoms with van der Waals surface area (Å²) in [5, 5.41) is 3.22. The van der Waals surface area contributed by atoms with Crippen LogP contribution >= 0.6 is 11.8 Å². The first-order valence-electron chi connectivity index (χ1n) is 6.13. The number of nitrogens with zero attached hydrogens (tertiary/aromatic N) is 3. The molecule has 100 valence electrons. The second-order valence-electron chi connectivity index (χ2n) is 4.49. The average molecular weight is 269 g/mol. The highest BCUT2D eigenvalue weighted by atomic mass is 32.2. The molecule has 1 aliphatic heterocycles. The van der Waals surface area contributed by atoms with Gasteiger partial charge >= 0.3 is 6.01 Å². The molecule has 1 aliphatic rings. The molecule has 6 nitrogen and oxygen atoms in total. The van der Waals surface area contributed by atoms with Gasteiger partial charge in [0.05, 0.1) is 6.61 Å². The van der Waals surface area contributed by atoms with E-state index < -0.39 is 0 Å². The van der Waals surface area contributed by atoms with E-state index >= 15 is 0 Å². The Hall–Kier alpha value is -1.24. The Kier molecular flexibility index (Phi) is 4.11. The van der Waals surface area contributed by atoms with Crippen LogP contribution in [0.4, 0.5) is 11.9 Å². The summed E-state index contributed by atoms with van der Waals surface area (Å²) in [5.41, 5.74) is 5.62. The van der Waals surface area contributed by atoms with Crippen molar-refractivity contribution in [2.75, 3.05) is 30.0 Å².